The van der Waals surface area contributed by atoms with Gasteiger partial charge in [0, 0.05) is 10.1 Å². The Hall–Kier alpha value is -0.100. The van der Waals surface area contributed by atoms with Crippen LogP contribution < -0.4 is 4.90 Å². The molecule has 1 unspecified atom stereocenters. The summed E-state index contributed by atoms with van der Waals surface area (Å²) < 4.78 is 1.13. The van der Waals surface area contributed by atoms with E-state index in [1.54, 1.807) is 0 Å². The van der Waals surface area contributed by atoms with Crippen LogP contribution in [-0.4, -0.2) is 17.3 Å². The molecule has 1 amide bonds. The van der Waals surface area contributed by atoms with Crippen molar-refractivity contribution < 1.29 is 4.79 Å². The van der Waals surface area contributed by atoms with Crippen LogP contribution in [0.5, 0.6) is 0 Å². The molecule has 1 saturated heterocycles. The Morgan fingerprint density at radius 3 is 2.87 bits per heavy atom. The fourth-order valence-corrected chi connectivity index (χ4v) is 2.99. The number of rotatable bonds is 1. The van der Waals surface area contributed by atoms with Crippen molar-refractivity contribution in [1.29, 1.82) is 0 Å². The second kappa shape index (κ2) is 4.82. The zero-order valence-corrected chi connectivity index (χ0v) is 11.9. The van der Waals surface area contributed by atoms with Gasteiger partial charge in [-0.05, 0) is 47.6 Å². The van der Waals surface area contributed by atoms with Gasteiger partial charge in [-0.1, -0.05) is 28.1 Å². The zero-order valence-electron chi connectivity index (χ0n) is 8.12. The minimum absolute atomic E-state index is 0.0118. The number of amides is 1. The van der Waals surface area contributed by atoms with E-state index in [1.165, 1.54) is 0 Å². The summed E-state index contributed by atoms with van der Waals surface area (Å²) in [5.74, 6) is 0.186. The van der Waals surface area contributed by atoms with Gasteiger partial charge in [-0.15, -0.1) is 0 Å². The van der Waals surface area contributed by atoms with Crippen molar-refractivity contribution in [3.8, 4) is 0 Å². The number of hydrogen-bond acceptors (Lipinski definition) is 1. The van der Waals surface area contributed by atoms with E-state index in [-0.39, 0.29) is 10.7 Å². The van der Waals surface area contributed by atoms with Gasteiger partial charge < -0.3 is 4.90 Å². The van der Waals surface area contributed by atoms with Gasteiger partial charge in [-0.3, -0.25) is 4.79 Å². The second-order valence-electron chi connectivity index (χ2n) is 3.55. The quantitative estimate of drug-likeness (QED) is 0.542. The van der Waals surface area contributed by atoms with Crippen molar-refractivity contribution in [2.75, 3.05) is 11.4 Å². The van der Waals surface area contributed by atoms with Gasteiger partial charge in [-0.2, -0.15) is 0 Å². The molecule has 1 heterocycles. The summed E-state index contributed by atoms with van der Waals surface area (Å²) in [5, 5.41) is 0. The third kappa shape index (κ3) is 2.36. The molecule has 4 heteroatoms. The van der Waals surface area contributed by atoms with Crippen LogP contribution in [0.15, 0.2) is 24.3 Å². The summed E-state index contributed by atoms with van der Waals surface area (Å²) in [7, 11) is 0. The van der Waals surface area contributed by atoms with Crippen LogP contribution in [0.3, 0.4) is 0 Å². The third-order valence-electron chi connectivity index (χ3n) is 2.52. The monoisotopic (exact) mass is 379 g/mol. The van der Waals surface area contributed by atoms with E-state index in [0.29, 0.717) is 0 Å². The van der Waals surface area contributed by atoms with Crippen molar-refractivity contribution in [2.45, 2.75) is 17.7 Å². The van der Waals surface area contributed by atoms with E-state index < -0.39 is 0 Å². The zero-order chi connectivity index (χ0) is 10.8. The summed E-state index contributed by atoms with van der Waals surface area (Å²) in [4.78, 5) is 13.8. The molecule has 0 saturated carbocycles. The third-order valence-corrected chi connectivity index (χ3v) is 4.28. The fourth-order valence-electron chi connectivity index (χ4n) is 1.74. The first-order valence-corrected chi connectivity index (χ1v) is 6.89. The van der Waals surface area contributed by atoms with E-state index >= 15 is 0 Å². The van der Waals surface area contributed by atoms with E-state index in [4.69, 9.17) is 0 Å². The molecule has 1 aromatic carbocycles. The average molecular weight is 380 g/mol. The number of carbonyl (C=O) groups excluding carboxylic acids is 1. The number of halogens is 2. The van der Waals surface area contributed by atoms with Gasteiger partial charge in [0.05, 0.1) is 10.5 Å². The molecule has 2 nitrogen and oxygen atoms in total. The SMILES string of the molecule is O=C1C(Br)CCCN1c1ccccc1I. The van der Waals surface area contributed by atoms with Crippen molar-refractivity contribution in [3.05, 3.63) is 27.8 Å². The molecule has 1 atom stereocenters. The Balaban J connectivity index is 2.30. The maximum absolute atomic E-state index is 12.0. The van der Waals surface area contributed by atoms with E-state index in [1.807, 2.05) is 29.2 Å². The lowest BCUT2D eigenvalue weighted by Gasteiger charge is -2.30. The van der Waals surface area contributed by atoms with Gasteiger partial charge >= 0.3 is 0 Å². The predicted octanol–water partition coefficient (Wildman–Crippen LogP) is 3.18. The van der Waals surface area contributed by atoms with Crippen LogP contribution in [0, 0.1) is 3.57 Å². The first-order chi connectivity index (χ1) is 7.20. The Bertz CT molecular complexity index is 383. The van der Waals surface area contributed by atoms with Gasteiger partial charge in [0.15, 0.2) is 0 Å². The Morgan fingerprint density at radius 2 is 2.13 bits per heavy atom. The largest absolute Gasteiger partial charge is 0.310 e. The lowest BCUT2D eigenvalue weighted by molar-refractivity contribution is -0.118. The second-order valence-corrected chi connectivity index (χ2v) is 5.82. The van der Waals surface area contributed by atoms with Gasteiger partial charge in [0.1, 0.15) is 0 Å². The minimum Gasteiger partial charge on any atom is -0.310 e. The minimum atomic E-state index is -0.0118. The first kappa shape index (κ1) is 11.4. The van der Waals surface area contributed by atoms with Crippen LogP contribution in [-0.2, 0) is 4.79 Å². The molecule has 1 fully saturated rings. The fraction of sp³-hybridized carbons (Fsp3) is 0.364. The van der Waals surface area contributed by atoms with Crippen LogP contribution in [0.2, 0.25) is 0 Å². The number of anilines is 1. The van der Waals surface area contributed by atoms with Gasteiger partial charge in [0.25, 0.3) is 0 Å². The number of para-hydroxylation sites is 1. The van der Waals surface area contributed by atoms with Crippen molar-refractivity contribution >= 4 is 50.1 Å². The summed E-state index contributed by atoms with van der Waals surface area (Å²) in [6.07, 6.45) is 2.01. The molecule has 1 aliphatic heterocycles. The Labute approximate surface area is 111 Å². The van der Waals surface area contributed by atoms with Crippen molar-refractivity contribution in [1.82, 2.24) is 0 Å². The molecule has 0 spiro atoms. The normalized spacial score (nSPS) is 21.9. The molecule has 0 aromatic heterocycles. The maximum Gasteiger partial charge on any atom is 0.240 e. The number of nitrogens with zero attached hydrogens (tertiary/aromatic N) is 1. The average Bonchev–Trinajstić information content (AvgIpc) is 2.23. The number of alkyl halides is 1. The molecule has 1 aromatic rings. The molecule has 1 aliphatic rings. The highest BCUT2D eigenvalue weighted by molar-refractivity contribution is 14.1. The van der Waals surface area contributed by atoms with Crippen LogP contribution in [0.25, 0.3) is 0 Å². The van der Waals surface area contributed by atoms with Crippen LogP contribution in [0.4, 0.5) is 5.69 Å². The highest BCUT2D eigenvalue weighted by Gasteiger charge is 2.28. The molecule has 0 aliphatic carbocycles. The molecule has 0 radical (unpaired) electrons. The molecule has 0 N–H and O–H groups in total. The smallest absolute Gasteiger partial charge is 0.240 e. The molecule has 15 heavy (non-hydrogen) atoms. The van der Waals surface area contributed by atoms with Crippen LogP contribution in [0.1, 0.15) is 12.8 Å². The highest BCUT2D eigenvalue weighted by atomic mass is 127. The van der Waals surface area contributed by atoms with Gasteiger partial charge in [0.2, 0.25) is 5.91 Å². The molecular weight excluding hydrogens is 369 g/mol. The Morgan fingerprint density at radius 1 is 1.40 bits per heavy atom. The van der Waals surface area contributed by atoms with E-state index in [0.717, 1.165) is 28.6 Å². The lowest BCUT2D eigenvalue weighted by Crippen LogP contribution is -2.42. The Kier molecular flexibility index (Phi) is 3.66. The first-order valence-electron chi connectivity index (χ1n) is 4.90. The van der Waals surface area contributed by atoms with E-state index in [2.05, 4.69) is 38.5 Å². The predicted molar refractivity (Wildman–Crippen MR) is 73.5 cm³/mol. The molecule has 2 rings (SSSR count). The standard InChI is InChI=1S/C11H11BrINO/c12-8-4-3-7-14(11(8)15)10-6-2-1-5-9(10)13/h1-2,5-6,8H,3-4,7H2. The lowest BCUT2D eigenvalue weighted by atomic mass is 10.1. The number of hydrogen-bond donors (Lipinski definition) is 0. The molecular formula is C11H11BrINO. The summed E-state index contributed by atoms with van der Waals surface area (Å²) >= 11 is 5.69. The maximum atomic E-state index is 12.0. The number of benzene rings is 1. The van der Waals surface area contributed by atoms with Crippen LogP contribution >= 0.6 is 38.5 Å². The number of carbonyl (C=O) groups is 1. The van der Waals surface area contributed by atoms with Gasteiger partial charge in [-0.25, -0.2) is 0 Å². The van der Waals surface area contributed by atoms with Crippen molar-refractivity contribution in [3.63, 3.8) is 0 Å². The van der Waals surface area contributed by atoms with E-state index in [9.17, 15) is 4.79 Å². The molecule has 80 valence electrons. The summed E-state index contributed by atoms with van der Waals surface area (Å²) in [6, 6.07) is 8.00. The summed E-state index contributed by atoms with van der Waals surface area (Å²) in [6.45, 7) is 0.834. The topological polar surface area (TPSA) is 20.3 Å². The highest BCUT2D eigenvalue weighted by Crippen LogP contribution is 2.28. The molecule has 0 bridgehead atoms. The summed E-state index contributed by atoms with van der Waals surface area (Å²) in [5.41, 5.74) is 1.03. The van der Waals surface area contributed by atoms with Crippen molar-refractivity contribution in [2.24, 2.45) is 0 Å². The number of piperidine rings is 1.